The molecule has 112 valence electrons. The molecule has 0 fully saturated rings. The van der Waals surface area contributed by atoms with Crippen molar-refractivity contribution in [3.63, 3.8) is 0 Å². The van der Waals surface area contributed by atoms with Crippen molar-refractivity contribution < 1.29 is 4.39 Å². The number of hydrogen-bond donors (Lipinski definition) is 1. The molecule has 0 bridgehead atoms. The maximum atomic E-state index is 14.1. The molecule has 0 aliphatic heterocycles. The Balaban J connectivity index is 2.19. The van der Waals surface area contributed by atoms with Gasteiger partial charge in [0.2, 0.25) is 0 Å². The zero-order valence-corrected chi connectivity index (χ0v) is 14.6. The van der Waals surface area contributed by atoms with Crippen LogP contribution in [-0.4, -0.2) is 12.6 Å². The topological polar surface area (TPSA) is 12.0 Å². The fourth-order valence-electron chi connectivity index (χ4n) is 2.38. The second-order valence-electron chi connectivity index (χ2n) is 5.61. The van der Waals surface area contributed by atoms with Crippen molar-refractivity contribution in [1.82, 2.24) is 5.32 Å². The average molecular weight is 397 g/mol. The highest BCUT2D eigenvalue weighted by Crippen LogP contribution is 2.23. The minimum absolute atomic E-state index is 0.112. The highest BCUT2D eigenvalue weighted by molar-refractivity contribution is 14.1. The molecule has 1 atom stereocenters. The number of halogens is 2. The Morgan fingerprint density at radius 3 is 2.33 bits per heavy atom. The van der Waals surface area contributed by atoms with E-state index in [1.165, 1.54) is 9.13 Å². The largest absolute Gasteiger partial charge is 0.314 e. The Morgan fingerprint density at radius 2 is 1.71 bits per heavy atom. The number of hydrogen-bond acceptors (Lipinski definition) is 1. The van der Waals surface area contributed by atoms with Gasteiger partial charge in [-0.25, -0.2) is 4.39 Å². The van der Waals surface area contributed by atoms with Crippen LogP contribution in [0.4, 0.5) is 4.39 Å². The summed E-state index contributed by atoms with van der Waals surface area (Å²) < 4.78 is 15.3. The van der Waals surface area contributed by atoms with Crippen LogP contribution in [0.3, 0.4) is 0 Å². The highest BCUT2D eigenvalue weighted by Gasteiger charge is 2.16. The fraction of sp³-hybridized carbons (Fsp3) is 0.333. The Morgan fingerprint density at radius 1 is 1.05 bits per heavy atom. The van der Waals surface area contributed by atoms with Crippen LogP contribution < -0.4 is 5.32 Å². The zero-order valence-electron chi connectivity index (χ0n) is 12.4. The summed E-state index contributed by atoms with van der Waals surface area (Å²) in [5.74, 6) is 0.0345. The lowest BCUT2D eigenvalue weighted by Gasteiger charge is -2.20. The molecule has 0 aliphatic rings. The van der Waals surface area contributed by atoms with Crippen LogP contribution in [0.15, 0.2) is 48.5 Å². The molecule has 2 rings (SSSR count). The van der Waals surface area contributed by atoms with Gasteiger partial charge in [-0.1, -0.05) is 44.2 Å². The van der Waals surface area contributed by atoms with Gasteiger partial charge in [0.1, 0.15) is 5.82 Å². The standard InChI is InChI=1S/C18H21FIN/c1-13(2)21-12-15(17-5-3-4-6-18(17)19)11-14-7-9-16(20)10-8-14/h3-10,13,15,21H,11-12H2,1-2H3. The fourth-order valence-corrected chi connectivity index (χ4v) is 2.74. The van der Waals surface area contributed by atoms with E-state index in [0.717, 1.165) is 18.5 Å². The molecular formula is C18H21FIN. The third kappa shape index (κ3) is 5.08. The van der Waals surface area contributed by atoms with E-state index in [2.05, 4.69) is 66.0 Å². The van der Waals surface area contributed by atoms with E-state index in [-0.39, 0.29) is 11.7 Å². The summed E-state index contributed by atoms with van der Waals surface area (Å²) >= 11 is 2.30. The van der Waals surface area contributed by atoms with Crippen LogP contribution in [0.25, 0.3) is 0 Å². The smallest absolute Gasteiger partial charge is 0.126 e. The summed E-state index contributed by atoms with van der Waals surface area (Å²) in [6, 6.07) is 16.0. The van der Waals surface area contributed by atoms with Crippen molar-refractivity contribution in [1.29, 1.82) is 0 Å². The first-order valence-corrected chi connectivity index (χ1v) is 8.36. The lowest BCUT2D eigenvalue weighted by Crippen LogP contribution is -2.29. The minimum atomic E-state index is -0.112. The maximum absolute atomic E-state index is 14.1. The Hall–Kier alpha value is -0.940. The first kappa shape index (κ1) is 16.4. The predicted molar refractivity (Wildman–Crippen MR) is 95.1 cm³/mol. The molecule has 1 unspecified atom stereocenters. The summed E-state index contributed by atoms with van der Waals surface area (Å²) in [5.41, 5.74) is 2.04. The minimum Gasteiger partial charge on any atom is -0.314 e. The Labute approximate surface area is 140 Å². The van der Waals surface area contributed by atoms with Crippen molar-refractivity contribution >= 4 is 22.6 Å². The second kappa shape index (κ2) is 7.90. The van der Waals surface area contributed by atoms with E-state index in [1.807, 2.05) is 12.1 Å². The van der Waals surface area contributed by atoms with Crippen LogP contribution >= 0.6 is 22.6 Å². The van der Waals surface area contributed by atoms with E-state index >= 15 is 0 Å². The summed E-state index contributed by atoms with van der Waals surface area (Å²) in [7, 11) is 0. The molecule has 21 heavy (non-hydrogen) atoms. The van der Waals surface area contributed by atoms with Crippen LogP contribution in [-0.2, 0) is 6.42 Å². The molecule has 0 amide bonds. The summed E-state index contributed by atoms with van der Waals surface area (Å²) in [4.78, 5) is 0. The number of rotatable bonds is 6. The van der Waals surface area contributed by atoms with E-state index in [0.29, 0.717) is 6.04 Å². The van der Waals surface area contributed by atoms with Crippen molar-refractivity contribution in [2.24, 2.45) is 0 Å². The van der Waals surface area contributed by atoms with Crippen molar-refractivity contribution in [3.8, 4) is 0 Å². The van der Waals surface area contributed by atoms with E-state index in [4.69, 9.17) is 0 Å². The molecular weight excluding hydrogens is 376 g/mol. The molecule has 0 heterocycles. The average Bonchev–Trinajstić information content (AvgIpc) is 2.46. The second-order valence-corrected chi connectivity index (χ2v) is 6.86. The number of benzene rings is 2. The summed E-state index contributed by atoms with van der Waals surface area (Å²) in [6.07, 6.45) is 0.845. The molecule has 0 saturated carbocycles. The molecule has 0 radical (unpaired) electrons. The van der Waals surface area contributed by atoms with Crippen LogP contribution in [0.1, 0.15) is 30.9 Å². The molecule has 0 saturated heterocycles. The zero-order chi connectivity index (χ0) is 15.2. The lowest BCUT2D eigenvalue weighted by atomic mass is 9.91. The van der Waals surface area contributed by atoms with Crippen molar-refractivity contribution in [2.45, 2.75) is 32.2 Å². The van der Waals surface area contributed by atoms with Gasteiger partial charge in [-0.15, -0.1) is 0 Å². The Kier molecular flexibility index (Phi) is 6.18. The van der Waals surface area contributed by atoms with Gasteiger partial charge >= 0.3 is 0 Å². The molecule has 0 aromatic heterocycles. The van der Waals surface area contributed by atoms with Gasteiger partial charge in [0.05, 0.1) is 0 Å². The molecule has 1 N–H and O–H groups in total. The highest BCUT2D eigenvalue weighted by atomic mass is 127. The van der Waals surface area contributed by atoms with Crippen LogP contribution in [0.5, 0.6) is 0 Å². The molecule has 0 aliphatic carbocycles. The van der Waals surface area contributed by atoms with E-state index < -0.39 is 0 Å². The molecule has 2 aromatic rings. The van der Waals surface area contributed by atoms with Gasteiger partial charge in [0.25, 0.3) is 0 Å². The lowest BCUT2D eigenvalue weighted by molar-refractivity contribution is 0.505. The SMILES string of the molecule is CC(C)NCC(Cc1ccc(I)cc1)c1ccccc1F. The third-order valence-electron chi connectivity index (χ3n) is 3.51. The Bertz CT molecular complexity index is 566. The van der Waals surface area contributed by atoms with Gasteiger partial charge in [0, 0.05) is 22.1 Å². The normalized spacial score (nSPS) is 12.6. The van der Waals surface area contributed by atoms with E-state index in [9.17, 15) is 4.39 Å². The van der Waals surface area contributed by atoms with Gasteiger partial charge in [-0.2, -0.15) is 0 Å². The first-order valence-electron chi connectivity index (χ1n) is 7.28. The predicted octanol–water partition coefficient (Wildman–Crippen LogP) is 4.75. The summed E-state index contributed by atoms with van der Waals surface area (Å²) in [5, 5.41) is 3.43. The summed E-state index contributed by atoms with van der Waals surface area (Å²) in [6.45, 7) is 5.01. The molecule has 1 nitrogen and oxygen atoms in total. The van der Waals surface area contributed by atoms with Crippen LogP contribution in [0.2, 0.25) is 0 Å². The van der Waals surface area contributed by atoms with Crippen molar-refractivity contribution in [2.75, 3.05) is 6.54 Å². The molecule has 2 aromatic carbocycles. The third-order valence-corrected chi connectivity index (χ3v) is 4.23. The van der Waals surface area contributed by atoms with Gasteiger partial charge < -0.3 is 5.32 Å². The van der Waals surface area contributed by atoms with Crippen molar-refractivity contribution in [3.05, 3.63) is 69.0 Å². The first-order chi connectivity index (χ1) is 10.1. The monoisotopic (exact) mass is 397 g/mol. The van der Waals surface area contributed by atoms with Gasteiger partial charge in [-0.05, 0) is 58.3 Å². The molecule has 3 heteroatoms. The number of nitrogens with one attached hydrogen (secondary N) is 1. The van der Waals surface area contributed by atoms with Crippen LogP contribution in [0, 0.1) is 9.39 Å². The van der Waals surface area contributed by atoms with Gasteiger partial charge in [-0.3, -0.25) is 0 Å². The van der Waals surface area contributed by atoms with Gasteiger partial charge in [0.15, 0.2) is 0 Å². The molecule has 0 spiro atoms. The maximum Gasteiger partial charge on any atom is 0.126 e. The quantitative estimate of drug-likeness (QED) is 0.694. The van der Waals surface area contributed by atoms with E-state index in [1.54, 1.807) is 12.1 Å².